The quantitative estimate of drug-likeness (QED) is 0.663. The van der Waals surface area contributed by atoms with Crippen LogP contribution in [-0.2, 0) is 9.84 Å². The number of rotatable bonds is 4. The van der Waals surface area contributed by atoms with Crippen molar-refractivity contribution < 1.29 is 13.3 Å². The van der Waals surface area contributed by atoms with Gasteiger partial charge in [-0.05, 0) is 25.5 Å². The summed E-state index contributed by atoms with van der Waals surface area (Å²) in [6.45, 7) is 0.827. The van der Waals surface area contributed by atoms with E-state index in [4.69, 9.17) is 0 Å². The van der Waals surface area contributed by atoms with Gasteiger partial charge in [0.15, 0.2) is 14.9 Å². The van der Waals surface area contributed by atoms with Gasteiger partial charge in [0, 0.05) is 18.2 Å². The molecule has 3 rings (SSSR count). The molecule has 1 N–H and O–H groups in total. The van der Waals surface area contributed by atoms with Gasteiger partial charge in [-0.2, -0.15) is 0 Å². The first-order valence-electron chi connectivity index (χ1n) is 7.33. The third kappa shape index (κ3) is 3.45. The summed E-state index contributed by atoms with van der Waals surface area (Å²) in [5.41, 5.74) is 0.524. The van der Waals surface area contributed by atoms with E-state index in [-0.39, 0.29) is 22.5 Å². The standard InChI is InChI=1S/C14H16N4O4S/c19-18(20)11-4-5-12-13(7-11)16-8-14(17-12)23(21,22)9-10-3-1-2-6-15-10/h4-5,7-8,10,15H,1-3,6,9H2. The van der Waals surface area contributed by atoms with Crippen LogP contribution in [-0.4, -0.2) is 41.6 Å². The van der Waals surface area contributed by atoms with Gasteiger partial charge in [0.25, 0.3) is 5.69 Å². The van der Waals surface area contributed by atoms with E-state index >= 15 is 0 Å². The second-order valence-corrected chi connectivity index (χ2v) is 7.55. The minimum absolute atomic E-state index is 0.0137. The number of nitrogens with zero attached hydrogens (tertiary/aromatic N) is 3. The van der Waals surface area contributed by atoms with Crippen molar-refractivity contribution in [2.45, 2.75) is 30.3 Å². The molecule has 0 saturated carbocycles. The second-order valence-electron chi connectivity index (χ2n) is 5.57. The Morgan fingerprint density at radius 1 is 1.30 bits per heavy atom. The first-order valence-corrected chi connectivity index (χ1v) is 8.98. The van der Waals surface area contributed by atoms with Gasteiger partial charge in [0.1, 0.15) is 0 Å². The maximum Gasteiger partial charge on any atom is 0.271 e. The summed E-state index contributed by atoms with van der Waals surface area (Å²) in [6.07, 6.45) is 4.07. The van der Waals surface area contributed by atoms with E-state index in [0.717, 1.165) is 25.8 Å². The van der Waals surface area contributed by atoms with E-state index in [1.807, 2.05) is 0 Å². The van der Waals surface area contributed by atoms with E-state index in [1.165, 1.54) is 24.4 Å². The number of nitrogens with one attached hydrogen (secondary N) is 1. The van der Waals surface area contributed by atoms with Crippen LogP contribution in [0.15, 0.2) is 29.4 Å². The number of nitro groups is 1. The Hall–Kier alpha value is -2.13. The smallest absolute Gasteiger partial charge is 0.271 e. The molecule has 1 aromatic carbocycles. The normalized spacial score (nSPS) is 18.9. The number of benzene rings is 1. The van der Waals surface area contributed by atoms with Crippen LogP contribution in [0, 0.1) is 10.1 Å². The molecule has 0 spiro atoms. The van der Waals surface area contributed by atoms with Crippen molar-refractivity contribution >= 4 is 26.6 Å². The van der Waals surface area contributed by atoms with Crippen LogP contribution in [0.1, 0.15) is 19.3 Å². The Balaban J connectivity index is 1.89. The van der Waals surface area contributed by atoms with E-state index in [2.05, 4.69) is 15.3 Å². The Kier molecular flexibility index (Phi) is 4.22. The van der Waals surface area contributed by atoms with Gasteiger partial charge in [0.05, 0.1) is 27.9 Å². The fourth-order valence-electron chi connectivity index (χ4n) is 2.66. The number of hydrogen-bond acceptors (Lipinski definition) is 7. The highest BCUT2D eigenvalue weighted by Crippen LogP contribution is 2.20. The summed E-state index contributed by atoms with van der Waals surface area (Å²) in [6, 6.07) is 3.92. The zero-order valence-corrected chi connectivity index (χ0v) is 13.1. The average molecular weight is 336 g/mol. The lowest BCUT2D eigenvalue weighted by Gasteiger charge is -2.22. The molecule has 23 heavy (non-hydrogen) atoms. The first-order chi connectivity index (χ1) is 11.0. The maximum absolute atomic E-state index is 12.5. The molecule has 0 aliphatic carbocycles. The number of sulfone groups is 1. The van der Waals surface area contributed by atoms with Crippen molar-refractivity contribution in [3.63, 3.8) is 0 Å². The lowest BCUT2D eigenvalue weighted by molar-refractivity contribution is -0.384. The first kappa shape index (κ1) is 15.8. The molecule has 2 heterocycles. The largest absolute Gasteiger partial charge is 0.313 e. The SMILES string of the molecule is O=[N+]([O-])c1ccc2nc(S(=O)(=O)CC3CCCCN3)cnc2c1. The van der Waals surface area contributed by atoms with Gasteiger partial charge in [-0.25, -0.2) is 13.4 Å². The zero-order chi connectivity index (χ0) is 16.4. The molecule has 0 amide bonds. The molecule has 9 heteroatoms. The second kappa shape index (κ2) is 6.17. The number of hydrogen-bond donors (Lipinski definition) is 1. The molecule has 0 radical (unpaired) electrons. The Bertz CT molecular complexity index is 847. The van der Waals surface area contributed by atoms with Gasteiger partial charge in [-0.1, -0.05) is 6.42 Å². The van der Waals surface area contributed by atoms with Crippen LogP contribution in [0.5, 0.6) is 0 Å². The number of fused-ring (bicyclic) bond motifs is 1. The Morgan fingerprint density at radius 3 is 2.83 bits per heavy atom. The van der Waals surface area contributed by atoms with Crippen LogP contribution in [0.2, 0.25) is 0 Å². The molecule has 1 fully saturated rings. The van der Waals surface area contributed by atoms with Gasteiger partial charge >= 0.3 is 0 Å². The molecule has 1 saturated heterocycles. The summed E-state index contributed by atoms with van der Waals surface area (Å²) in [7, 11) is -3.55. The number of piperidine rings is 1. The van der Waals surface area contributed by atoms with Gasteiger partial charge in [-0.15, -0.1) is 0 Å². The van der Waals surface area contributed by atoms with Crippen LogP contribution in [0.4, 0.5) is 5.69 Å². The van der Waals surface area contributed by atoms with Gasteiger partial charge in [-0.3, -0.25) is 15.1 Å². The highest BCUT2D eigenvalue weighted by Gasteiger charge is 2.24. The monoisotopic (exact) mass is 336 g/mol. The summed E-state index contributed by atoms with van der Waals surface area (Å²) in [5, 5.41) is 13.9. The third-order valence-electron chi connectivity index (χ3n) is 3.87. The van der Waals surface area contributed by atoms with Crippen molar-refractivity contribution in [2.75, 3.05) is 12.3 Å². The van der Waals surface area contributed by atoms with Crippen LogP contribution >= 0.6 is 0 Å². The molecule has 1 aromatic heterocycles. The minimum atomic E-state index is -3.55. The average Bonchev–Trinajstić information content (AvgIpc) is 2.54. The van der Waals surface area contributed by atoms with Crippen LogP contribution in [0.3, 0.4) is 0 Å². The summed E-state index contributed by atoms with van der Waals surface area (Å²) >= 11 is 0. The molecular weight excluding hydrogens is 320 g/mol. The lowest BCUT2D eigenvalue weighted by Crippen LogP contribution is -2.39. The number of nitro benzene ring substituents is 1. The summed E-state index contributed by atoms with van der Waals surface area (Å²) in [5.74, 6) is -0.0137. The summed E-state index contributed by atoms with van der Waals surface area (Å²) in [4.78, 5) is 18.3. The molecule has 1 atom stereocenters. The van der Waals surface area contributed by atoms with Crippen LogP contribution < -0.4 is 5.32 Å². The van der Waals surface area contributed by atoms with Crippen molar-refractivity contribution in [1.29, 1.82) is 0 Å². The Labute approximate surface area is 133 Å². The van der Waals surface area contributed by atoms with E-state index < -0.39 is 14.8 Å². The molecule has 1 aliphatic heterocycles. The lowest BCUT2D eigenvalue weighted by atomic mass is 10.1. The topological polar surface area (TPSA) is 115 Å². The zero-order valence-electron chi connectivity index (χ0n) is 12.3. The fourth-order valence-corrected chi connectivity index (χ4v) is 4.10. The van der Waals surface area contributed by atoms with E-state index in [9.17, 15) is 18.5 Å². The van der Waals surface area contributed by atoms with Crippen molar-refractivity contribution in [3.8, 4) is 0 Å². The minimum Gasteiger partial charge on any atom is -0.313 e. The molecular formula is C14H16N4O4S. The highest BCUT2D eigenvalue weighted by molar-refractivity contribution is 7.91. The fraction of sp³-hybridized carbons (Fsp3) is 0.429. The van der Waals surface area contributed by atoms with Crippen LogP contribution in [0.25, 0.3) is 11.0 Å². The molecule has 8 nitrogen and oxygen atoms in total. The molecule has 2 aromatic rings. The molecule has 1 unspecified atom stereocenters. The molecule has 122 valence electrons. The third-order valence-corrected chi connectivity index (χ3v) is 5.54. The number of non-ortho nitro benzene ring substituents is 1. The molecule has 0 bridgehead atoms. The van der Waals surface area contributed by atoms with Crippen molar-refractivity contribution in [3.05, 3.63) is 34.5 Å². The predicted molar refractivity (Wildman–Crippen MR) is 83.9 cm³/mol. The van der Waals surface area contributed by atoms with E-state index in [0.29, 0.717) is 11.0 Å². The Morgan fingerprint density at radius 2 is 2.13 bits per heavy atom. The highest BCUT2D eigenvalue weighted by atomic mass is 32.2. The predicted octanol–water partition coefficient (Wildman–Crippen LogP) is 1.45. The molecule has 1 aliphatic rings. The van der Waals surface area contributed by atoms with E-state index in [1.54, 1.807) is 0 Å². The summed E-state index contributed by atoms with van der Waals surface area (Å²) < 4.78 is 24.9. The van der Waals surface area contributed by atoms with Gasteiger partial charge < -0.3 is 5.32 Å². The number of aromatic nitrogens is 2. The van der Waals surface area contributed by atoms with Gasteiger partial charge in [0.2, 0.25) is 0 Å². The van der Waals surface area contributed by atoms with Crippen molar-refractivity contribution in [1.82, 2.24) is 15.3 Å². The van der Waals surface area contributed by atoms with Crippen molar-refractivity contribution in [2.24, 2.45) is 0 Å². The maximum atomic E-state index is 12.5.